The topological polar surface area (TPSA) is 31.4 Å². The van der Waals surface area contributed by atoms with Crippen molar-refractivity contribution in [2.45, 2.75) is 0 Å². The molecule has 1 aromatic carbocycles. The summed E-state index contributed by atoms with van der Waals surface area (Å²) in [5, 5.41) is 0. The van der Waals surface area contributed by atoms with Crippen molar-refractivity contribution in [2.24, 2.45) is 0 Å². The second-order valence-electron chi connectivity index (χ2n) is 3.40. The van der Waals surface area contributed by atoms with Gasteiger partial charge in [0.25, 0.3) is 5.88 Å². The Morgan fingerprint density at radius 2 is 1.76 bits per heavy atom. The molecule has 2 rings (SSSR count). The first-order valence-electron chi connectivity index (χ1n) is 5.10. The zero-order valence-electron chi connectivity index (χ0n) is 9.61. The third-order valence-corrected chi connectivity index (χ3v) is 2.97. The van der Waals surface area contributed by atoms with Crippen LogP contribution in [-0.2, 0) is 0 Å². The molecule has 0 aliphatic rings. The summed E-state index contributed by atoms with van der Waals surface area (Å²) >= 11 is 3.49. The third-order valence-electron chi connectivity index (χ3n) is 2.37. The lowest BCUT2D eigenvalue weighted by Gasteiger charge is -2.10. The van der Waals surface area contributed by atoms with Crippen LogP contribution in [0.15, 0.2) is 40.9 Å². The summed E-state index contributed by atoms with van der Waals surface area (Å²) in [7, 11) is 3.17. The van der Waals surface area contributed by atoms with Gasteiger partial charge in [-0.25, -0.2) is 4.98 Å². The van der Waals surface area contributed by atoms with Gasteiger partial charge in [0.05, 0.1) is 19.9 Å². The van der Waals surface area contributed by atoms with Gasteiger partial charge in [-0.15, -0.1) is 0 Å². The highest BCUT2D eigenvalue weighted by Gasteiger charge is 2.12. The molecular formula is C13H12BrNO2. The summed E-state index contributed by atoms with van der Waals surface area (Å²) in [6.45, 7) is 0. The van der Waals surface area contributed by atoms with E-state index in [1.165, 1.54) is 0 Å². The molecule has 1 heterocycles. The second kappa shape index (κ2) is 5.19. The van der Waals surface area contributed by atoms with E-state index in [-0.39, 0.29) is 0 Å². The van der Waals surface area contributed by atoms with Gasteiger partial charge in [0.15, 0.2) is 5.75 Å². The van der Waals surface area contributed by atoms with Crippen molar-refractivity contribution < 1.29 is 9.47 Å². The summed E-state index contributed by atoms with van der Waals surface area (Å²) in [6.07, 6.45) is 0. The van der Waals surface area contributed by atoms with E-state index < -0.39 is 0 Å². The first kappa shape index (κ1) is 11.9. The highest BCUT2D eigenvalue weighted by atomic mass is 79.9. The molecule has 0 aliphatic heterocycles. The maximum atomic E-state index is 5.20. The Kier molecular flexibility index (Phi) is 3.64. The van der Waals surface area contributed by atoms with Crippen LogP contribution >= 0.6 is 15.9 Å². The van der Waals surface area contributed by atoms with Gasteiger partial charge in [-0.05, 0) is 15.9 Å². The van der Waals surface area contributed by atoms with Crippen molar-refractivity contribution in [3.8, 4) is 22.9 Å². The van der Waals surface area contributed by atoms with Gasteiger partial charge < -0.3 is 9.47 Å². The SMILES string of the molecule is COc1cc(Br)c(-c2ccccc2)nc1OC. The summed E-state index contributed by atoms with van der Waals surface area (Å²) in [6, 6.07) is 11.8. The zero-order valence-corrected chi connectivity index (χ0v) is 11.2. The van der Waals surface area contributed by atoms with Crippen molar-refractivity contribution in [3.05, 3.63) is 40.9 Å². The monoisotopic (exact) mass is 293 g/mol. The minimum atomic E-state index is 0.481. The molecule has 0 saturated carbocycles. The molecule has 0 spiro atoms. The Labute approximate surface area is 109 Å². The van der Waals surface area contributed by atoms with E-state index in [0.717, 1.165) is 15.7 Å². The molecule has 0 fully saturated rings. The molecular weight excluding hydrogens is 282 g/mol. The second-order valence-corrected chi connectivity index (χ2v) is 4.25. The third kappa shape index (κ3) is 2.42. The average Bonchev–Trinajstić information content (AvgIpc) is 2.39. The van der Waals surface area contributed by atoms with Gasteiger partial charge in [0.1, 0.15) is 0 Å². The van der Waals surface area contributed by atoms with Crippen molar-refractivity contribution >= 4 is 15.9 Å². The van der Waals surface area contributed by atoms with Crippen LogP contribution in [0, 0.1) is 0 Å². The molecule has 0 amide bonds. The van der Waals surface area contributed by atoms with Crippen molar-refractivity contribution in [2.75, 3.05) is 14.2 Å². The molecule has 0 atom stereocenters. The van der Waals surface area contributed by atoms with Crippen LogP contribution in [-0.4, -0.2) is 19.2 Å². The minimum Gasteiger partial charge on any atom is -0.491 e. The fraction of sp³-hybridized carbons (Fsp3) is 0.154. The van der Waals surface area contributed by atoms with E-state index in [1.807, 2.05) is 36.4 Å². The Morgan fingerprint density at radius 1 is 1.06 bits per heavy atom. The number of hydrogen-bond acceptors (Lipinski definition) is 3. The van der Waals surface area contributed by atoms with E-state index in [2.05, 4.69) is 20.9 Å². The van der Waals surface area contributed by atoms with E-state index in [0.29, 0.717) is 11.6 Å². The molecule has 2 aromatic rings. The number of methoxy groups -OCH3 is 2. The number of nitrogens with zero attached hydrogens (tertiary/aromatic N) is 1. The van der Waals surface area contributed by atoms with Crippen LogP contribution in [0.1, 0.15) is 0 Å². The van der Waals surface area contributed by atoms with Gasteiger partial charge in [-0.3, -0.25) is 0 Å². The van der Waals surface area contributed by atoms with Crippen LogP contribution in [0.3, 0.4) is 0 Å². The van der Waals surface area contributed by atoms with E-state index >= 15 is 0 Å². The molecule has 88 valence electrons. The van der Waals surface area contributed by atoms with Gasteiger partial charge >= 0.3 is 0 Å². The lowest BCUT2D eigenvalue weighted by atomic mass is 10.1. The number of rotatable bonds is 3. The standard InChI is InChI=1S/C13H12BrNO2/c1-16-11-8-10(14)12(15-13(11)17-2)9-6-4-3-5-7-9/h3-8H,1-2H3. The molecule has 0 unspecified atom stereocenters. The Bertz CT molecular complexity index is 514. The lowest BCUT2D eigenvalue weighted by molar-refractivity contribution is 0.343. The molecule has 0 N–H and O–H groups in total. The molecule has 17 heavy (non-hydrogen) atoms. The van der Waals surface area contributed by atoms with Gasteiger partial charge in [-0.2, -0.15) is 0 Å². The molecule has 0 bridgehead atoms. The normalized spacial score (nSPS) is 10.1. The smallest absolute Gasteiger partial charge is 0.257 e. The number of hydrogen-bond donors (Lipinski definition) is 0. The van der Waals surface area contributed by atoms with Crippen LogP contribution in [0.25, 0.3) is 11.3 Å². The van der Waals surface area contributed by atoms with Crippen LogP contribution < -0.4 is 9.47 Å². The molecule has 0 radical (unpaired) electrons. The number of ether oxygens (including phenoxy) is 2. The largest absolute Gasteiger partial charge is 0.491 e. The predicted octanol–water partition coefficient (Wildman–Crippen LogP) is 3.53. The van der Waals surface area contributed by atoms with E-state index in [1.54, 1.807) is 14.2 Å². The van der Waals surface area contributed by atoms with Crippen LogP contribution in [0.2, 0.25) is 0 Å². The summed E-state index contributed by atoms with van der Waals surface area (Å²) in [5.41, 5.74) is 1.86. The molecule has 4 heteroatoms. The summed E-state index contributed by atoms with van der Waals surface area (Å²) in [5.74, 6) is 1.09. The molecule has 0 aliphatic carbocycles. The number of aromatic nitrogens is 1. The minimum absolute atomic E-state index is 0.481. The lowest BCUT2D eigenvalue weighted by Crippen LogP contribution is -1.96. The molecule has 0 saturated heterocycles. The predicted molar refractivity (Wildman–Crippen MR) is 70.5 cm³/mol. The van der Waals surface area contributed by atoms with Crippen molar-refractivity contribution in [3.63, 3.8) is 0 Å². The number of benzene rings is 1. The highest BCUT2D eigenvalue weighted by Crippen LogP contribution is 2.34. The summed E-state index contributed by atoms with van der Waals surface area (Å²) < 4.78 is 11.3. The zero-order chi connectivity index (χ0) is 12.3. The Hall–Kier alpha value is -1.55. The van der Waals surface area contributed by atoms with E-state index in [9.17, 15) is 0 Å². The quantitative estimate of drug-likeness (QED) is 0.868. The van der Waals surface area contributed by atoms with Crippen LogP contribution in [0.5, 0.6) is 11.6 Å². The molecule has 3 nitrogen and oxygen atoms in total. The maximum absolute atomic E-state index is 5.20. The number of halogens is 1. The van der Waals surface area contributed by atoms with E-state index in [4.69, 9.17) is 9.47 Å². The first-order chi connectivity index (χ1) is 8.26. The Morgan fingerprint density at radius 3 is 2.35 bits per heavy atom. The number of pyridine rings is 1. The van der Waals surface area contributed by atoms with Crippen molar-refractivity contribution in [1.82, 2.24) is 4.98 Å². The summed E-state index contributed by atoms with van der Waals surface area (Å²) in [4.78, 5) is 4.44. The van der Waals surface area contributed by atoms with Gasteiger partial charge in [0.2, 0.25) is 0 Å². The van der Waals surface area contributed by atoms with Gasteiger partial charge in [0, 0.05) is 16.1 Å². The fourth-order valence-electron chi connectivity index (χ4n) is 1.55. The van der Waals surface area contributed by atoms with Gasteiger partial charge in [-0.1, -0.05) is 30.3 Å². The molecule has 1 aromatic heterocycles. The van der Waals surface area contributed by atoms with Crippen LogP contribution in [0.4, 0.5) is 0 Å². The Balaban J connectivity index is 2.56. The fourth-order valence-corrected chi connectivity index (χ4v) is 2.07. The average molecular weight is 294 g/mol. The maximum Gasteiger partial charge on any atom is 0.257 e. The first-order valence-corrected chi connectivity index (χ1v) is 5.89. The highest BCUT2D eigenvalue weighted by molar-refractivity contribution is 9.10. The van der Waals surface area contributed by atoms with Crippen molar-refractivity contribution in [1.29, 1.82) is 0 Å².